The highest BCUT2D eigenvalue weighted by atomic mass is 16.2. The lowest BCUT2D eigenvalue weighted by Crippen LogP contribution is -2.22. The number of carbonyl (C=O) groups excluding carboxylic acids is 1. The van der Waals surface area contributed by atoms with E-state index in [2.05, 4.69) is 19.2 Å². The molecule has 3 N–H and O–H groups in total. The Balaban J connectivity index is 2.82. The van der Waals surface area contributed by atoms with Crippen LogP contribution in [0.15, 0.2) is 18.2 Å². The van der Waals surface area contributed by atoms with Crippen LogP contribution in [0, 0.1) is 0 Å². The second-order valence-electron chi connectivity index (χ2n) is 5.19. The minimum absolute atomic E-state index is 0.00994. The summed E-state index contributed by atoms with van der Waals surface area (Å²) >= 11 is 0. The number of unbranched alkanes of at least 4 members (excludes halogenated alkanes) is 1. The maximum atomic E-state index is 11.9. The molecule has 0 fully saturated rings. The number of hydrogen-bond donors (Lipinski definition) is 2. The van der Waals surface area contributed by atoms with E-state index in [9.17, 15) is 4.79 Å². The predicted molar refractivity (Wildman–Crippen MR) is 81.5 cm³/mol. The molecule has 0 aliphatic carbocycles. The maximum Gasteiger partial charge on any atom is 0.253 e. The summed E-state index contributed by atoms with van der Waals surface area (Å²) in [5, 5.41) is 3.38. The molecule has 4 heteroatoms. The molecule has 4 nitrogen and oxygen atoms in total. The molecule has 0 saturated carbocycles. The smallest absolute Gasteiger partial charge is 0.253 e. The number of anilines is 2. The lowest BCUT2D eigenvalue weighted by molar-refractivity contribution is 0.0827. The average Bonchev–Trinajstić information content (AvgIpc) is 2.38. The second kappa shape index (κ2) is 7.02. The van der Waals surface area contributed by atoms with Crippen molar-refractivity contribution in [2.45, 2.75) is 39.2 Å². The second-order valence-corrected chi connectivity index (χ2v) is 5.19. The van der Waals surface area contributed by atoms with Crippen molar-refractivity contribution in [1.29, 1.82) is 0 Å². The molecular weight excluding hydrogens is 238 g/mol. The van der Waals surface area contributed by atoms with Gasteiger partial charge in [-0.15, -0.1) is 0 Å². The molecule has 0 aliphatic rings. The Kier molecular flexibility index (Phi) is 5.67. The summed E-state index contributed by atoms with van der Waals surface area (Å²) < 4.78 is 0. The quantitative estimate of drug-likeness (QED) is 0.776. The van der Waals surface area contributed by atoms with E-state index in [1.165, 1.54) is 12.8 Å². The van der Waals surface area contributed by atoms with Crippen LogP contribution < -0.4 is 11.1 Å². The monoisotopic (exact) mass is 263 g/mol. The summed E-state index contributed by atoms with van der Waals surface area (Å²) in [6.07, 6.45) is 3.47. The van der Waals surface area contributed by atoms with Crippen molar-refractivity contribution >= 4 is 17.3 Å². The van der Waals surface area contributed by atoms with E-state index in [0.29, 0.717) is 17.3 Å². The number of nitrogen functional groups attached to an aromatic ring is 1. The van der Waals surface area contributed by atoms with Gasteiger partial charge in [-0.2, -0.15) is 0 Å². The summed E-state index contributed by atoms with van der Waals surface area (Å²) in [7, 11) is 3.49. The third-order valence-corrected chi connectivity index (χ3v) is 3.10. The predicted octanol–water partition coefficient (Wildman–Crippen LogP) is 2.96. The van der Waals surface area contributed by atoms with Crippen LogP contribution in [0.2, 0.25) is 0 Å². The van der Waals surface area contributed by atoms with Crippen LogP contribution in [-0.2, 0) is 0 Å². The highest BCUT2D eigenvalue weighted by Crippen LogP contribution is 2.22. The van der Waals surface area contributed by atoms with E-state index in [0.717, 1.165) is 12.1 Å². The minimum Gasteiger partial charge on any atom is -0.397 e. The molecular formula is C15H25N3O. The Hall–Kier alpha value is -1.71. The Morgan fingerprint density at radius 3 is 2.68 bits per heavy atom. The van der Waals surface area contributed by atoms with Gasteiger partial charge < -0.3 is 16.0 Å². The first-order valence-corrected chi connectivity index (χ1v) is 6.83. The van der Waals surface area contributed by atoms with Gasteiger partial charge in [0.15, 0.2) is 0 Å². The summed E-state index contributed by atoms with van der Waals surface area (Å²) in [4.78, 5) is 13.5. The van der Waals surface area contributed by atoms with Crippen LogP contribution in [0.1, 0.15) is 43.5 Å². The van der Waals surface area contributed by atoms with Gasteiger partial charge in [0.2, 0.25) is 0 Å². The molecule has 1 aromatic rings. The first-order valence-electron chi connectivity index (χ1n) is 6.83. The highest BCUT2D eigenvalue weighted by molar-refractivity contribution is 5.95. The van der Waals surface area contributed by atoms with Crippen molar-refractivity contribution in [2.24, 2.45) is 0 Å². The highest BCUT2D eigenvalue weighted by Gasteiger charge is 2.11. The summed E-state index contributed by atoms with van der Waals surface area (Å²) in [6.45, 7) is 4.31. The normalized spacial score (nSPS) is 12.0. The van der Waals surface area contributed by atoms with Crippen LogP contribution in [-0.4, -0.2) is 30.9 Å². The molecule has 0 saturated heterocycles. The number of hydrogen-bond acceptors (Lipinski definition) is 3. The maximum absolute atomic E-state index is 11.9. The fourth-order valence-electron chi connectivity index (χ4n) is 1.92. The summed E-state index contributed by atoms with van der Waals surface area (Å²) in [5.74, 6) is -0.00994. The van der Waals surface area contributed by atoms with Crippen molar-refractivity contribution in [3.8, 4) is 0 Å². The van der Waals surface area contributed by atoms with E-state index >= 15 is 0 Å². The summed E-state index contributed by atoms with van der Waals surface area (Å²) in [6, 6.07) is 5.73. The van der Waals surface area contributed by atoms with Crippen molar-refractivity contribution in [1.82, 2.24) is 4.90 Å². The van der Waals surface area contributed by atoms with E-state index in [-0.39, 0.29) is 5.91 Å². The van der Waals surface area contributed by atoms with E-state index in [1.54, 1.807) is 31.1 Å². The molecule has 0 aromatic heterocycles. The van der Waals surface area contributed by atoms with Gasteiger partial charge in [0.1, 0.15) is 0 Å². The van der Waals surface area contributed by atoms with E-state index < -0.39 is 0 Å². The Morgan fingerprint density at radius 1 is 1.42 bits per heavy atom. The number of nitrogens with two attached hydrogens (primary N) is 1. The van der Waals surface area contributed by atoms with Gasteiger partial charge in [-0.3, -0.25) is 4.79 Å². The lowest BCUT2D eigenvalue weighted by atomic mass is 10.1. The number of carbonyl (C=O) groups is 1. The molecule has 1 rings (SSSR count). The molecule has 0 aliphatic heterocycles. The van der Waals surface area contributed by atoms with E-state index in [1.807, 2.05) is 6.07 Å². The summed E-state index contributed by atoms with van der Waals surface area (Å²) in [5.41, 5.74) is 8.14. The minimum atomic E-state index is -0.00994. The van der Waals surface area contributed by atoms with Gasteiger partial charge in [-0.05, 0) is 31.5 Å². The molecule has 1 amide bonds. The average molecular weight is 263 g/mol. The Morgan fingerprint density at radius 2 is 2.11 bits per heavy atom. The molecule has 1 unspecified atom stereocenters. The van der Waals surface area contributed by atoms with Gasteiger partial charge in [0.05, 0.1) is 11.4 Å². The van der Waals surface area contributed by atoms with Crippen LogP contribution in [0.25, 0.3) is 0 Å². The Labute approximate surface area is 116 Å². The topological polar surface area (TPSA) is 58.4 Å². The molecule has 19 heavy (non-hydrogen) atoms. The molecule has 0 radical (unpaired) electrons. The third kappa shape index (κ3) is 4.47. The molecule has 0 spiro atoms. The van der Waals surface area contributed by atoms with Crippen molar-refractivity contribution in [2.75, 3.05) is 25.1 Å². The van der Waals surface area contributed by atoms with Crippen LogP contribution in [0.3, 0.4) is 0 Å². The zero-order valence-electron chi connectivity index (χ0n) is 12.4. The SMILES string of the molecule is CCCCC(C)Nc1cc(C(=O)N(C)C)ccc1N. The fourth-order valence-corrected chi connectivity index (χ4v) is 1.92. The van der Waals surface area contributed by atoms with Crippen LogP contribution >= 0.6 is 0 Å². The van der Waals surface area contributed by atoms with Crippen LogP contribution in [0.5, 0.6) is 0 Å². The van der Waals surface area contributed by atoms with Gasteiger partial charge >= 0.3 is 0 Å². The number of amides is 1. The number of nitrogens with zero attached hydrogens (tertiary/aromatic N) is 1. The van der Waals surface area contributed by atoms with Gasteiger partial charge in [0.25, 0.3) is 5.91 Å². The van der Waals surface area contributed by atoms with Crippen molar-refractivity contribution in [3.63, 3.8) is 0 Å². The van der Waals surface area contributed by atoms with Gasteiger partial charge in [0, 0.05) is 25.7 Å². The third-order valence-electron chi connectivity index (χ3n) is 3.10. The van der Waals surface area contributed by atoms with Crippen molar-refractivity contribution < 1.29 is 4.79 Å². The van der Waals surface area contributed by atoms with Gasteiger partial charge in [-0.1, -0.05) is 19.8 Å². The lowest BCUT2D eigenvalue weighted by Gasteiger charge is -2.18. The first-order chi connectivity index (χ1) is 8.95. The van der Waals surface area contributed by atoms with Crippen molar-refractivity contribution in [3.05, 3.63) is 23.8 Å². The number of nitrogens with one attached hydrogen (secondary N) is 1. The largest absolute Gasteiger partial charge is 0.397 e. The molecule has 0 bridgehead atoms. The molecule has 1 atom stereocenters. The molecule has 0 heterocycles. The van der Waals surface area contributed by atoms with E-state index in [4.69, 9.17) is 5.73 Å². The molecule has 1 aromatic carbocycles. The van der Waals surface area contributed by atoms with Crippen LogP contribution in [0.4, 0.5) is 11.4 Å². The Bertz CT molecular complexity index is 429. The van der Waals surface area contributed by atoms with Gasteiger partial charge in [-0.25, -0.2) is 0 Å². The number of benzene rings is 1. The first kappa shape index (κ1) is 15.3. The molecule has 106 valence electrons. The number of rotatable bonds is 6. The standard InChI is InChI=1S/C15H25N3O/c1-5-6-7-11(2)17-14-10-12(8-9-13(14)16)15(19)18(3)4/h8-11,17H,5-7,16H2,1-4H3. The zero-order valence-corrected chi connectivity index (χ0v) is 12.4. The fraction of sp³-hybridized carbons (Fsp3) is 0.533. The zero-order chi connectivity index (χ0) is 14.4.